The highest BCUT2D eigenvalue weighted by atomic mass is 79.9. The molecule has 121 heavy (non-hydrogen) atoms. The van der Waals surface area contributed by atoms with Crippen molar-refractivity contribution in [3.63, 3.8) is 0 Å². The number of fused-ring (bicyclic) bond motifs is 18. The van der Waals surface area contributed by atoms with Crippen molar-refractivity contribution in [2.45, 2.75) is 195 Å². The zero-order chi connectivity index (χ0) is 84.6. The SMILES string of the molecule is CC(C)c1cc(-c2ccc3c(c2)-c2cc4c(cc2C3(C)C)-c2ccccc2C4(C)C)c2ccc3c(C(C)C)cc(-c4ccc5c(c4)-c4cc6c(cc4C5(C)C)-c4ccccc4C6(C)C)c4ccc1c2c43.CC(C)c1cc(Br)c2ccc3c(C(C)C)cc(Br)c4ccc1c2c43.CC1(C)c2ccccc2-c2cc3c(cc21)-c1cc(B(O)O)ccc1C3(C)C. The molecule has 5 heteroatoms. The molecule has 0 heterocycles. The van der Waals surface area contributed by atoms with E-state index in [1.54, 1.807) is 0 Å². The summed E-state index contributed by atoms with van der Waals surface area (Å²) >= 11 is 7.63. The topological polar surface area (TPSA) is 40.5 Å². The van der Waals surface area contributed by atoms with Gasteiger partial charge in [-0.15, -0.1) is 0 Å². The fourth-order valence-electron chi connectivity index (χ4n) is 23.7. The second-order valence-electron chi connectivity index (χ2n) is 40.6. The van der Waals surface area contributed by atoms with E-state index in [0.29, 0.717) is 29.1 Å². The van der Waals surface area contributed by atoms with E-state index in [1.807, 2.05) is 18.2 Å². The van der Waals surface area contributed by atoms with Crippen LogP contribution in [-0.2, 0) is 32.5 Å². The normalized spacial score (nSPS) is 16.0. The third kappa shape index (κ3) is 10.9. The lowest BCUT2D eigenvalue weighted by molar-refractivity contribution is 0.425. The molecule has 6 aliphatic rings. The van der Waals surface area contributed by atoms with Gasteiger partial charge in [-0.3, -0.25) is 0 Å². The first-order valence-corrected chi connectivity index (χ1v) is 45.7. The molecule has 6 aliphatic carbocycles. The van der Waals surface area contributed by atoms with E-state index in [0.717, 1.165) is 5.56 Å². The highest BCUT2D eigenvalue weighted by molar-refractivity contribution is 9.11. The number of halogens is 2. The molecule has 0 radical (unpaired) electrons. The van der Waals surface area contributed by atoms with Gasteiger partial charge in [0.15, 0.2) is 0 Å². The second kappa shape index (κ2) is 26.6. The molecule has 17 aromatic rings. The maximum atomic E-state index is 9.64. The van der Waals surface area contributed by atoms with Crippen LogP contribution in [0.25, 0.3) is 154 Å². The molecule has 0 atom stereocenters. The van der Waals surface area contributed by atoms with Crippen molar-refractivity contribution in [2.75, 3.05) is 0 Å². The molecule has 23 rings (SSSR count). The Morgan fingerprint density at radius 2 is 0.446 bits per heavy atom. The zero-order valence-corrected chi connectivity index (χ0v) is 76.7. The minimum absolute atomic E-state index is 0.0397. The summed E-state index contributed by atoms with van der Waals surface area (Å²) < 4.78 is 2.39. The van der Waals surface area contributed by atoms with Gasteiger partial charge in [0, 0.05) is 41.4 Å². The molecule has 598 valence electrons. The van der Waals surface area contributed by atoms with Crippen LogP contribution in [0.15, 0.2) is 246 Å². The first-order chi connectivity index (χ1) is 57.5. The monoisotopic (exact) mass is 1700 g/mol. The average Bonchev–Trinajstić information content (AvgIpc) is 0.792. The highest BCUT2D eigenvalue weighted by Gasteiger charge is 2.46. The molecule has 17 aromatic carbocycles. The molecule has 0 bridgehead atoms. The minimum Gasteiger partial charge on any atom is -0.423 e. The number of hydrogen-bond acceptors (Lipinski definition) is 2. The fourth-order valence-corrected chi connectivity index (χ4v) is 24.9. The fraction of sp³-hybridized carbons (Fsp3) is 0.259. The van der Waals surface area contributed by atoms with E-state index >= 15 is 0 Å². The maximum Gasteiger partial charge on any atom is 0.488 e. The van der Waals surface area contributed by atoms with E-state index < -0.39 is 7.12 Å². The van der Waals surface area contributed by atoms with Gasteiger partial charge < -0.3 is 10.0 Å². The average molecular weight is 1700 g/mol. The van der Waals surface area contributed by atoms with Gasteiger partial charge in [-0.1, -0.05) is 334 Å². The summed E-state index contributed by atoms with van der Waals surface area (Å²) in [6.07, 6.45) is 0. The summed E-state index contributed by atoms with van der Waals surface area (Å²) in [5.74, 6) is 1.71. The first kappa shape index (κ1) is 78.0. The van der Waals surface area contributed by atoms with Crippen LogP contribution in [0.4, 0.5) is 0 Å². The molecule has 0 amide bonds. The van der Waals surface area contributed by atoms with Crippen LogP contribution in [0.1, 0.15) is 251 Å². The highest BCUT2D eigenvalue weighted by Crippen LogP contribution is 2.62. The third-order valence-corrected chi connectivity index (χ3v) is 31.7. The smallest absolute Gasteiger partial charge is 0.423 e. The van der Waals surface area contributed by atoms with Crippen molar-refractivity contribution < 1.29 is 10.0 Å². The van der Waals surface area contributed by atoms with Crippen molar-refractivity contribution in [3.8, 4) is 89.0 Å². The van der Waals surface area contributed by atoms with Crippen LogP contribution >= 0.6 is 31.9 Å². The van der Waals surface area contributed by atoms with Crippen LogP contribution in [0.2, 0.25) is 0 Å². The molecule has 0 aliphatic heterocycles. The summed E-state index contributed by atoms with van der Waals surface area (Å²) in [5, 5.41) is 35.7. The number of benzene rings is 17. The van der Waals surface area contributed by atoms with Gasteiger partial charge >= 0.3 is 7.12 Å². The molecule has 0 unspecified atom stereocenters. The molecule has 0 saturated heterocycles. The molecular formula is C116H105BBr2O2. The summed E-state index contributed by atoms with van der Waals surface area (Å²) in [6, 6.07) is 91.1. The van der Waals surface area contributed by atoms with Crippen molar-refractivity contribution in [3.05, 3.63) is 335 Å². The Labute approximate surface area is 731 Å². The van der Waals surface area contributed by atoms with Gasteiger partial charge in [-0.2, -0.15) is 0 Å². The van der Waals surface area contributed by atoms with Gasteiger partial charge in [0.05, 0.1) is 0 Å². The van der Waals surface area contributed by atoms with E-state index in [9.17, 15) is 10.0 Å². The zero-order valence-electron chi connectivity index (χ0n) is 73.6. The van der Waals surface area contributed by atoms with Gasteiger partial charge in [0.2, 0.25) is 0 Å². The lowest BCUT2D eigenvalue weighted by atomic mass is 9.77. The Hall–Kier alpha value is -10.2. The van der Waals surface area contributed by atoms with Crippen molar-refractivity contribution in [1.82, 2.24) is 0 Å². The molecule has 0 spiro atoms. The van der Waals surface area contributed by atoms with E-state index in [4.69, 9.17) is 0 Å². The molecule has 2 N–H and O–H groups in total. The largest absolute Gasteiger partial charge is 0.488 e. The molecule has 0 aromatic heterocycles. The van der Waals surface area contributed by atoms with Crippen molar-refractivity contribution in [1.29, 1.82) is 0 Å². The van der Waals surface area contributed by atoms with Crippen LogP contribution in [0.3, 0.4) is 0 Å². The van der Waals surface area contributed by atoms with Crippen LogP contribution < -0.4 is 5.46 Å². The van der Waals surface area contributed by atoms with E-state index in [-0.39, 0.29) is 32.5 Å². The Bertz CT molecular complexity index is 7040. The Kier molecular flexibility index (Phi) is 17.2. The standard InChI is InChI=1S/C70H62.C24H23BO2.C22H20Br2/c1-37(2)47-31-49(39-21-27-59-51(29-39)55-35-61-53(33-63(55)69(59,9)10)41-17-13-15-19-57(41)67(61,5)6)45-26-24-44-48(38(3)4)32-50(46-25-23-43(47)65(45)66(44)46)40-22-28-60-52(30-40)56-36-62-54(34-64(56)70(60,11)12)42-18-14-16-20-58(42)68(62,7)8;1-23(2)19-8-6-5-7-15(19)17-12-22-18(13-21(17)23)16-11-14(25(26)27)9-10-20(16)24(22,3)4;1-11(2)17-9-19(23)15-8-6-14-18(12(3)4)10-20(24)16-7-5-13(17)21(15)22(14)16/h13-38H,1-12H3;5-13,26-27H,1-4H3;5-12H,1-4H3. The lowest BCUT2D eigenvalue weighted by Gasteiger charge is -2.24. The maximum absolute atomic E-state index is 9.64. The van der Waals surface area contributed by atoms with Gasteiger partial charge in [0.25, 0.3) is 0 Å². The van der Waals surface area contributed by atoms with Crippen LogP contribution in [-0.4, -0.2) is 17.2 Å². The predicted molar refractivity (Wildman–Crippen MR) is 525 cm³/mol. The number of hydrogen-bond donors (Lipinski definition) is 2. The van der Waals surface area contributed by atoms with Crippen molar-refractivity contribution in [2.24, 2.45) is 0 Å². The van der Waals surface area contributed by atoms with E-state index in [2.05, 4.69) is 389 Å². The van der Waals surface area contributed by atoms with Crippen LogP contribution in [0, 0.1) is 0 Å². The molecular weight excluding hydrogens is 1600 g/mol. The Balaban J connectivity index is 0.000000143. The van der Waals surface area contributed by atoms with Gasteiger partial charge in [-0.05, 0) is 345 Å². The third-order valence-electron chi connectivity index (χ3n) is 30.4. The number of rotatable bonds is 7. The minimum atomic E-state index is -1.45. The summed E-state index contributed by atoms with van der Waals surface area (Å²) in [7, 11) is -1.45. The molecule has 0 saturated carbocycles. The molecule has 2 nitrogen and oxygen atoms in total. The quantitative estimate of drug-likeness (QED) is 0.123. The Morgan fingerprint density at radius 1 is 0.215 bits per heavy atom. The summed E-state index contributed by atoms with van der Waals surface area (Å²) in [6.45, 7) is 47.0. The predicted octanol–water partition coefficient (Wildman–Crippen LogP) is 31.7. The molecule has 0 fully saturated rings. The second-order valence-corrected chi connectivity index (χ2v) is 42.3. The lowest BCUT2D eigenvalue weighted by Crippen LogP contribution is -2.30. The van der Waals surface area contributed by atoms with Gasteiger partial charge in [0.1, 0.15) is 0 Å². The summed E-state index contributed by atoms with van der Waals surface area (Å²) in [4.78, 5) is 0. The van der Waals surface area contributed by atoms with E-state index in [1.165, 1.54) is 246 Å². The van der Waals surface area contributed by atoms with Crippen LogP contribution in [0.5, 0.6) is 0 Å². The van der Waals surface area contributed by atoms with Gasteiger partial charge in [-0.25, -0.2) is 0 Å². The Morgan fingerprint density at radius 3 is 0.744 bits per heavy atom. The van der Waals surface area contributed by atoms with Crippen molar-refractivity contribution >= 4 is 109 Å². The summed E-state index contributed by atoms with van der Waals surface area (Å²) in [5.41, 5.74) is 43.9. The first-order valence-electron chi connectivity index (χ1n) is 44.1.